The van der Waals surface area contributed by atoms with E-state index in [1.165, 1.54) is 0 Å². The van der Waals surface area contributed by atoms with Gasteiger partial charge < -0.3 is 30.2 Å². The van der Waals surface area contributed by atoms with Gasteiger partial charge in [-0.2, -0.15) is 5.11 Å². The molecule has 0 unspecified atom stereocenters. The van der Waals surface area contributed by atoms with E-state index in [0.29, 0.717) is 38.8 Å². The summed E-state index contributed by atoms with van der Waals surface area (Å²) in [5.41, 5.74) is 12.2. The summed E-state index contributed by atoms with van der Waals surface area (Å²) in [5.74, 6) is -0.823. The molecule has 0 aromatic heterocycles. The van der Waals surface area contributed by atoms with E-state index in [-0.39, 0.29) is 80.0 Å². The zero-order chi connectivity index (χ0) is 31.1. The molecular weight excluding hydrogens is 641 g/mol. The van der Waals surface area contributed by atoms with E-state index >= 15 is 0 Å². The number of nitrogens with two attached hydrogens (primary N) is 2. The van der Waals surface area contributed by atoms with Crippen LogP contribution < -0.4 is 68.0 Å². The van der Waals surface area contributed by atoms with E-state index in [1.807, 2.05) is 0 Å². The van der Waals surface area contributed by atoms with Crippen LogP contribution in [0.4, 0.5) is 34.1 Å². The maximum absolute atomic E-state index is 11.8. The predicted molar refractivity (Wildman–Crippen MR) is 156 cm³/mol. The van der Waals surface area contributed by atoms with E-state index in [9.17, 15) is 35.6 Å². The predicted octanol–water partition coefficient (Wildman–Crippen LogP) is -3.26. The first kappa shape index (κ1) is 39.3. The van der Waals surface area contributed by atoms with Gasteiger partial charge in [-0.05, 0) is 59.5 Å². The SMILES string of the molecule is Nc1cccc(N=Nc2ccc(N=Nc3ccc4c(S(=O)(=O)[O-])cc(S(=O)(=O)[O-])c(N)c4c3O)c3ccc(S[O-])cc23)c1.[Li+].[Li+].[Li+]. The zero-order valence-corrected chi connectivity index (χ0v) is 26.9. The number of fused-ring (bicyclic) bond motifs is 2. The molecule has 0 aliphatic carbocycles. The largest absolute Gasteiger partial charge is 1.00 e. The first-order valence-corrected chi connectivity index (χ1v) is 15.4. The van der Waals surface area contributed by atoms with Crippen molar-refractivity contribution in [1.29, 1.82) is 0 Å². The van der Waals surface area contributed by atoms with Crippen molar-refractivity contribution in [2.45, 2.75) is 14.7 Å². The molecule has 5 aromatic rings. The fourth-order valence-electron chi connectivity index (χ4n) is 4.28. The van der Waals surface area contributed by atoms with E-state index in [4.69, 9.17) is 11.5 Å². The van der Waals surface area contributed by atoms with Crippen molar-refractivity contribution >= 4 is 87.9 Å². The van der Waals surface area contributed by atoms with Gasteiger partial charge in [0, 0.05) is 21.8 Å². The van der Waals surface area contributed by atoms with Crippen molar-refractivity contribution in [1.82, 2.24) is 0 Å². The second kappa shape index (κ2) is 15.4. The molecule has 46 heavy (non-hydrogen) atoms. The summed E-state index contributed by atoms with van der Waals surface area (Å²) < 4.78 is 82.2. The van der Waals surface area contributed by atoms with Crippen LogP contribution in [0.2, 0.25) is 0 Å². The average molecular weight is 658 g/mol. The number of anilines is 2. The fourth-order valence-corrected chi connectivity index (χ4v) is 5.98. The van der Waals surface area contributed by atoms with E-state index in [2.05, 4.69) is 20.5 Å². The molecule has 220 valence electrons. The molecule has 0 saturated carbocycles. The Morgan fingerprint density at radius 3 is 1.83 bits per heavy atom. The Kier molecular flexibility index (Phi) is 13.1. The number of rotatable bonds is 7. The van der Waals surface area contributed by atoms with Gasteiger partial charge in [0.25, 0.3) is 0 Å². The number of phenolic OH excluding ortho intramolecular Hbond substituents is 1. The Balaban J connectivity index is 0.00000245. The van der Waals surface area contributed by atoms with E-state index in [1.54, 1.807) is 54.6 Å². The van der Waals surface area contributed by atoms with Crippen LogP contribution in [0.5, 0.6) is 5.75 Å². The molecule has 0 amide bonds. The van der Waals surface area contributed by atoms with Crippen LogP contribution in [-0.4, -0.2) is 35.6 Å². The van der Waals surface area contributed by atoms with Gasteiger partial charge in [-0.1, -0.05) is 18.2 Å². The average Bonchev–Trinajstić information content (AvgIpc) is 2.94. The summed E-state index contributed by atoms with van der Waals surface area (Å²) >= 11 is 0.267. The van der Waals surface area contributed by atoms with Crippen LogP contribution in [-0.2, 0) is 20.2 Å². The van der Waals surface area contributed by atoms with Gasteiger partial charge in [0.2, 0.25) is 0 Å². The van der Waals surface area contributed by atoms with Crippen LogP contribution in [0.15, 0.2) is 108 Å². The number of hydrogen-bond donors (Lipinski definition) is 3. The van der Waals surface area contributed by atoms with Gasteiger partial charge in [0.05, 0.1) is 37.9 Å². The number of phenols is 1. The maximum atomic E-state index is 11.8. The molecule has 0 saturated heterocycles. The molecule has 5 N–H and O–H groups in total. The molecule has 0 bridgehead atoms. The monoisotopic (exact) mass is 658 g/mol. The second-order valence-corrected chi connectivity index (χ2v) is 12.3. The van der Waals surface area contributed by atoms with E-state index < -0.39 is 52.2 Å². The molecule has 0 heterocycles. The Hall–Kier alpha value is -2.86. The quantitative estimate of drug-likeness (QED) is 0.0514. The van der Waals surface area contributed by atoms with Gasteiger partial charge in [0.1, 0.15) is 25.9 Å². The number of nitrogen functional groups attached to an aromatic ring is 2. The molecule has 0 spiro atoms. The zero-order valence-electron chi connectivity index (χ0n) is 24.4. The fraction of sp³-hybridized carbons (Fsp3) is 0. The van der Waals surface area contributed by atoms with Crippen LogP contribution in [0.25, 0.3) is 21.5 Å². The summed E-state index contributed by atoms with van der Waals surface area (Å²) in [4.78, 5) is -1.87. The summed E-state index contributed by atoms with van der Waals surface area (Å²) in [6.45, 7) is 0. The third-order valence-electron chi connectivity index (χ3n) is 6.20. The van der Waals surface area contributed by atoms with Crippen molar-refractivity contribution in [2.75, 3.05) is 11.5 Å². The van der Waals surface area contributed by atoms with Crippen molar-refractivity contribution < 1.29 is 92.2 Å². The van der Waals surface area contributed by atoms with Crippen molar-refractivity contribution in [3.63, 3.8) is 0 Å². The topological polar surface area (TPSA) is 259 Å². The van der Waals surface area contributed by atoms with Gasteiger partial charge in [-0.25, -0.2) is 28.9 Å². The minimum absolute atomic E-state index is 0. The summed E-state index contributed by atoms with van der Waals surface area (Å²) in [6.07, 6.45) is 0. The Labute approximate surface area is 303 Å². The minimum atomic E-state index is -5.34. The molecule has 0 fully saturated rings. The van der Waals surface area contributed by atoms with Gasteiger partial charge >= 0.3 is 56.6 Å². The van der Waals surface area contributed by atoms with Crippen LogP contribution in [0, 0.1) is 0 Å². The first-order valence-electron chi connectivity index (χ1n) is 11.8. The minimum Gasteiger partial charge on any atom is -0.795 e. The number of azo groups is 2. The summed E-state index contributed by atoms with van der Waals surface area (Å²) in [5, 5.41) is 27.5. The Morgan fingerprint density at radius 2 is 1.22 bits per heavy atom. The smallest absolute Gasteiger partial charge is 0.795 e. The van der Waals surface area contributed by atoms with E-state index in [0.717, 1.165) is 12.1 Å². The maximum Gasteiger partial charge on any atom is 1.00 e. The molecule has 14 nitrogen and oxygen atoms in total. The molecule has 5 aromatic carbocycles. The molecular formula is C26H17Li3N6O8S3. The van der Waals surface area contributed by atoms with Gasteiger partial charge in [0.15, 0.2) is 5.75 Å². The number of hydrogen-bond acceptors (Lipinski definition) is 15. The van der Waals surface area contributed by atoms with Crippen molar-refractivity contribution in [3.05, 3.63) is 72.8 Å². The molecule has 0 aliphatic rings. The molecule has 5 rings (SSSR count). The van der Waals surface area contributed by atoms with Crippen LogP contribution >= 0.6 is 12.0 Å². The third-order valence-corrected chi connectivity index (χ3v) is 8.40. The molecule has 0 radical (unpaired) electrons. The Morgan fingerprint density at radius 1 is 0.652 bits per heavy atom. The number of nitrogens with zero attached hydrogens (tertiary/aromatic N) is 4. The second-order valence-electron chi connectivity index (χ2n) is 8.94. The standard InChI is InChI=1S/C26H20N6O8S3.3Li/c27-13-2-1-3-14(10-13)29-30-20-9-8-19(16-5-4-15(41-34)11-18(16)20)31-32-21-7-6-17-22(42(35,36)37)12-23(43(38,39)40)25(28)24(17)26(21)33;;;/h1-12,33-34H,27-28H2,(H,35,36,37)(H,38,39,40);;;/q;3*+1/p-3. The molecule has 0 aliphatic heterocycles. The molecule has 0 atom stereocenters. The normalized spacial score (nSPS) is 11.8. The number of aromatic hydroxyl groups is 1. The van der Waals surface area contributed by atoms with Crippen LogP contribution in [0.1, 0.15) is 0 Å². The summed E-state index contributed by atoms with van der Waals surface area (Å²) in [7, 11) is -10.6. The third kappa shape index (κ3) is 8.16. The van der Waals surface area contributed by atoms with Gasteiger partial charge in [-0.15, -0.1) is 15.3 Å². The first-order chi connectivity index (χ1) is 20.3. The van der Waals surface area contributed by atoms with Crippen LogP contribution in [0.3, 0.4) is 0 Å². The number of benzene rings is 5. The van der Waals surface area contributed by atoms with Crippen molar-refractivity contribution in [2.24, 2.45) is 20.5 Å². The summed E-state index contributed by atoms with van der Waals surface area (Å²) in [6, 6.07) is 17.2. The van der Waals surface area contributed by atoms with Gasteiger partial charge in [-0.3, -0.25) is 0 Å². The molecule has 20 heteroatoms. The van der Waals surface area contributed by atoms with Crippen molar-refractivity contribution in [3.8, 4) is 5.75 Å². The Bertz CT molecular complexity index is 2240.